The third kappa shape index (κ3) is 4.67. The second-order valence-electron chi connectivity index (χ2n) is 5.96. The molecule has 1 heterocycles. The van der Waals surface area contributed by atoms with Crippen LogP contribution in [-0.4, -0.2) is 17.0 Å². The third-order valence-corrected chi connectivity index (χ3v) is 3.13. The van der Waals surface area contributed by atoms with Gasteiger partial charge in [0.1, 0.15) is 0 Å². The molecule has 2 rings (SSSR count). The summed E-state index contributed by atoms with van der Waals surface area (Å²) in [5, 5.41) is 9.34. The van der Waals surface area contributed by atoms with Crippen LogP contribution in [0.5, 0.6) is 0 Å². The maximum absolute atomic E-state index is 12.3. The normalized spacial score (nSPS) is 10.7. The van der Waals surface area contributed by atoms with E-state index in [1.165, 1.54) is 6.92 Å². The van der Waals surface area contributed by atoms with E-state index in [4.69, 9.17) is 4.52 Å². The first-order valence-corrected chi connectivity index (χ1v) is 7.50. The lowest BCUT2D eigenvalue weighted by atomic mass is 10.1. The van der Waals surface area contributed by atoms with Crippen LogP contribution in [0, 0.1) is 12.8 Å². The maximum atomic E-state index is 12.3. The number of nitrogens with zero attached hydrogens (tertiary/aromatic N) is 1. The molecular formula is C17H21N3O3. The summed E-state index contributed by atoms with van der Waals surface area (Å²) in [6.07, 6.45) is 0.748. The van der Waals surface area contributed by atoms with Crippen LogP contribution in [0.15, 0.2) is 28.8 Å². The molecule has 2 aromatic rings. The van der Waals surface area contributed by atoms with Gasteiger partial charge in [0.15, 0.2) is 0 Å². The second-order valence-corrected chi connectivity index (χ2v) is 5.96. The van der Waals surface area contributed by atoms with E-state index >= 15 is 0 Å². The highest BCUT2D eigenvalue weighted by molar-refractivity contribution is 6.05. The number of amides is 2. The largest absolute Gasteiger partial charge is 0.351 e. The Hall–Kier alpha value is -2.63. The summed E-state index contributed by atoms with van der Waals surface area (Å²) in [6.45, 7) is 7.46. The van der Waals surface area contributed by atoms with Crippen LogP contribution in [0.1, 0.15) is 42.6 Å². The number of hydrogen-bond donors (Lipinski definition) is 2. The van der Waals surface area contributed by atoms with E-state index < -0.39 is 5.91 Å². The fourth-order valence-electron chi connectivity index (χ4n) is 2.18. The van der Waals surface area contributed by atoms with Crippen molar-refractivity contribution in [1.29, 1.82) is 0 Å². The Balaban J connectivity index is 2.17. The molecule has 0 aliphatic heterocycles. The van der Waals surface area contributed by atoms with Crippen LogP contribution < -0.4 is 10.6 Å². The van der Waals surface area contributed by atoms with Gasteiger partial charge in [0.25, 0.3) is 5.91 Å². The Morgan fingerprint density at radius 2 is 1.91 bits per heavy atom. The zero-order chi connectivity index (χ0) is 17.0. The first-order valence-electron chi connectivity index (χ1n) is 7.50. The number of benzene rings is 1. The summed E-state index contributed by atoms with van der Waals surface area (Å²) in [6, 6.07) is 7.03. The van der Waals surface area contributed by atoms with Gasteiger partial charge < -0.3 is 15.2 Å². The highest BCUT2D eigenvalue weighted by Gasteiger charge is 2.16. The van der Waals surface area contributed by atoms with Crippen LogP contribution in [0.4, 0.5) is 11.4 Å². The van der Waals surface area contributed by atoms with Gasteiger partial charge in [-0.05, 0) is 37.0 Å². The molecule has 23 heavy (non-hydrogen) atoms. The Morgan fingerprint density at radius 3 is 2.57 bits per heavy atom. The minimum atomic E-state index is -0.398. The molecule has 2 amide bonds. The van der Waals surface area contributed by atoms with E-state index in [2.05, 4.69) is 29.6 Å². The molecule has 0 unspecified atom stereocenters. The standard InChI is InChI=1S/C17H21N3O3/c1-10(2)7-13-9-16(23-20-13)17(22)19-15-8-11(3)5-6-14(15)18-12(4)21/h5-6,8-10H,7H2,1-4H3,(H,18,21)(H,19,22). The number of rotatable bonds is 5. The van der Waals surface area contributed by atoms with Crippen molar-refractivity contribution in [2.45, 2.75) is 34.1 Å². The summed E-state index contributed by atoms with van der Waals surface area (Å²) in [4.78, 5) is 23.6. The van der Waals surface area contributed by atoms with Gasteiger partial charge in [-0.15, -0.1) is 0 Å². The smallest absolute Gasteiger partial charge is 0.294 e. The average Bonchev–Trinajstić information content (AvgIpc) is 2.89. The Morgan fingerprint density at radius 1 is 1.17 bits per heavy atom. The van der Waals surface area contributed by atoms with Gasteiger partial charge in [0, 0.05) is 13.0 Å². The Kier molecular flexibility index (Phi) is 5.16. The molecule has 0 saturated carbocycles. The van der Waals surface area contributed by atoms with Gasteiger partial charge in [-0.2, -0.15) is 0 Å². The predicted octanol–water partition coefficient (Wildman–Crippen LogP) is 3.39. The second kappa shape index (κ2) is 7.09. The minimum absolute atomic E-state index is 0.149. The molecule has 0 radical (unpaired) electrons. The summed E-state index contributed by atoms with van der Waals surface area (Å²) in [5.41, 5.74) is 2.77. The zero-order valence-electron chi connectivity index (χ0n) is 13.8. The molecule has 6 nitrogen and oxygen atoms in total. The lowest BCUT2D eigenvalue weighted by molar-refractivity contribution is -0.114. The predicted molar refractivity (Wildman–Crippen MR) is 88.5 cm³/mol. The molecule has 0 bridgehead atoms. The van der Waals surface area contributed by atoms with Crippen LogP contribution in [-0.2, 0) is 11.2 Å². The molecule has 1 aromatic heterocycles. The van der Waals surface area contributed by atoms with Crippen molar-refractivity contribution in [3.63, 3.8) is 0 Å². The van der Waals surface area contributed by atoms with Gasteiger partial charge >= 0.3 is 0 Å². The molecule has 6 heteroatoms. The molecule has 0 atom stereocenters. The summed E-state index contributed by atoms with van der Waals surface area (Å²) < 4.78 is 5.10. The van der Waals surface area contributed by atoms with Gasteiger partial charge in [-0.1, -0.05) is 25.1 Å². The van der Waals surface area contributed by atoms with E-state index in [0.29, 0.717) is 17.3 Å². The summed E-state index contributed by atoms with van der Waals surface area (Å²) >= 11 is 0. The Labute approximate surface area is 135 Å². The van der Waals surface area contributed by atoms with Crippen molar-refractivity contribution in [2.75, 3.05) is 10.6 Å². The van der Waals surface area contributed by atoms with Crippen LogP contribution >= 0.6 is 0 Å². The lowest BCUT2D eigenvalue weighted by Crippen LogP contribution is -2.14. The molecule has 0 fully saturated rings. The zero-order valence-corrected chi connectivity index (χ0v) is 13.8. The van der Waals surface area contributed by atoms with Gasteiger partial charge in [0.05, 0.1) is 17.1 Å². The fraction of sp³-hybridized carbons (Fsp3) is 0.353. The number of nitrogens with one attached hydrogen (secondary N) is 2. The van der Waals surface area contributed by atoms with Crippen LogP contribution in [0.25, 0.3) is 0 Å². The molecular weight excluding hydrogens is 294 g/mol. The van der Waals surface area contributed by atoms with E-state index in [1.54, 1.807) is 18.2 Å². The summed E-state index contributed by atoms with van der Waals surface area (Å²) in [5.74, 6) is -0.0250. The van der Waals surface area contributed by atoms with E-state index in [0.717, 1.165) is 17.7 Å². The highest BCUT2D eigenvalue weighted by atomic mass is 16.5. The molecule has 122 valence electrons. The van der Waals surface area contributed by atoms with E-state index in [9.17, 15) is 9.59 Å². The van der Waals surface area contributed by atoms with Gasteiger partial charge in [0.2, 0.25) is 11.7 Å². The monoisotopic (exact) mass is 315 g/mol. The molecule has 0 spiro atoms. The Bertz CT molecular complexity index is 720. The van der Waals surface area contributed by atoms with Gasteiger partial charge in [-0.3, -0.25) is 9.59 Å². The van der Waals surface area contributed by atoms with Crippen LogP contribution in [0.3, 0.4) is 0 Å². The van der Waals surface area contributed by atoms with Crippen molar-refractivity contribution in [3.8, 4) is 0 Å². The number of carbonyl (C=O) groups excluding carboxylic acids is 2. The van der Waals surface area contributed by atoms with Crippen molar-refractivity contribution >= 4 is 23.2 Å². The molecule has 2 N–H and O–H groups in total. The lowest BCUT2D eigenvalue weighted by Gasteiger charge is -2.11. The molecule has 1 aromatic carbocycles. The SMILES string of the molecule is CC(=O)Nc1ccc(C)cc1NC(=O)c1cc(CC(C)C)no1. The number of carbonyl (C=O) groups is 2. The van der Waals surface area contributed by atoms with Crippen LogP contribution in [0.2, 0.25) is 0 Å². The van der Waals surface area contributed by atoms with E-state index in [1.807, 2.05) is 13.0 Å². The average molecular weight is 315 g/mol. The number of aryl methyl sites for hydroxylation is 1. The molecule has 0 aliphatic carbocycles. The number of aromatic nitrogens is 1. The summed E-state index contributed by atoms with van der Waals surface area (Å²) in [7, 11) is 0. The van der Waals surface area contributed by atoms with E-state index in [-0.39, 0.29) is 11.7 Å². The van der Waals surface area contributed by atoms with Crippen molar-refractivity contribution in [2.24, 2.45) is 5.92 Å². The topological polar surface area (TPSA) is 84.2 Å². The van der Waals surface area contributed by atoms with Crippen molar-refractivity contribution in [1.82, 2.24) is 5.16 Å². The number of anilines is 2. The molecule has 0 saturated heterocycles. The van der Waals surface area contributed by atoms with Gasteiger partial charge in [-0.25, -0.2) is 0 Å². The first kappa shape index (κ1) is 16.7. The first-order chi connectivity index (χ1) is 10.8. The number of hydrogen-bond acceptors (Lipinski definition) is 4. The van der Waals surface area contributed by atoms with Crippen molar-refractivity contribution in [3.05, 3.63) is 41.3 Å². The highest BCUT2D eigenvalue weighted by Crippen LogP contribution is 2.24. The quantitative estimate of drug-likeness (QED) is 0.885. The maximum Gasteiger partial charge on any atom is 0.294 e. The minimum Gasteiger partial charge on any atom is -0.351 e. The molecule has 0 aliphatic rings. The third-order valence-electron chi connectivity index (χ3n) is 3.13. The fourth-order valence-corrected chi connectivity index (χ4v) is 2.18. The van der Waals surface area contributed by atoms with Crippen molar-refractivity contribution < 1.29 is 14.1 Å².